The molecule has 1 unspecified atom stereocenters. The lowest BCUT2D eigenvalue weighted by atomic mass is 10.1. The van der Waals surface area contributed by atoms with Gasteiger partial charge in [-0.3, -0.25) is 0 Å². The van der Waals surface area contributed by atoms with Gasteiger partial charge in [-0.1, -0.05) is 36.8 Å². The molecular formula is C12H22OSi2. The molecule has 0 amide bonds. The van der Waals surface area contributed by atoms with Crippen LogP contribution in [0.5, 0.6) is 0 Å². The minimum Gasteiger partial charge on any atom is -0.410 e. The Morgan fingerprint density at radius 2 is 1.87 bits per heavy atom. The van der Waals surface area contributed by atoms with Crippen LogP contribution in [0.3, 0.4) is 0 Å². The highest BCUT2D eigenvalue weighted by Crippen LogP contribution is 2.34. The normalized spacial score (nSPS) is 24.3. The highest BCUT2D eigenvalue weighted by Gasteiger charge is 2.31. The summed E-state index contributed by atoms with van der Waals surface area (Å²) in [6, 6.07) is 11.9. The fourth-order valence-corrected chi connectivity index (χ4v) is 4.32. The lowest BCUT2D eigenvalue weighted by molar-refractivity contribution is 0.163. The Hall–Kier alpha value is -0.386. The fourth-order valence-electron chi connectivity index (χ4n) is 2.12. The summed E-state index contributed by atoms with van der Waals surface area (Å²) in [5.41, 5.74) is 1.35. The Morgan fingerprint density at radius 1 is 1.20 bits per heavy atom. The summed E-state index contributed by atoms with van der Waals surface area (Å²) >= 11 is 0. The molecule has 15 heavy (non-hydrogen) atoms. The quantitative estimate of drug-likeness (QED) is 0.682. The van der Waals surface area contributed by atoms with Crippen LogP contribution >= 0.6 is 0 Å². The molecule has 1 saturated heterocycles. The fraction of sp³-hybridized carbons (Fsp3) is 0.500. The second-order valence-corrected chi connectivity index (χ2v) is 8.92. The zero-order chi connectivity index (χ0) is 10.0. The zero-order valence-electron chi connectivity index (χ0n) is 8.99. The Balaban J connectivity index is 0.00000112. The average molecular weight is 238 g/mol. The van der Waals surface area contributed by atoms with Gasteiger partial charge >= 0.3 is 0 Å². The van der Waals surface area contributed by atoms with Gasteiger partial charge in [0.2, 0.25) is 0 Å². The summed E-state index contributed by atoms with van der Waals surface area (Å²) in [6.07, 6.45) is 2.89. The van der Waals surface area contributed by atoms with Crippen molar-refractivity contribution in [2.75, 3.05) is 0 Å². The van der Waals surface area contributed by atoms with Crippen LogP contribution in [0.2, 0.25) is 19.1 Å². The molecule has 1 aromatic rings. The van der Waals surface area contributed by atoms with E-state index in [-0.39, 0.29) is 11.0 Å². The Kier molecular flexibility index (Phi) is 4.31. The summed E-state index contributed by atoms with van der Waals surface area (Å²) in [5, 5.41) is 0. The summed E-state index contributed by atoms with van der Waals surface area (Å²) in [7, 11) is -1.34. The van der Waals surface area contributed by atoms with E-state index in [0.717, 1.165) is 0 Å². The molecule has 1 aromatic carbocycles. The Labute approximate surface area is 98.0 Å². The van der Waals surface area contributed by atoms with Gasteiger partial charge in [0.15, 0.2) is 8.32 Å². The zero-order valence-corrected chi connectivity index (χ0v) is 9.99. The lowest BCUT2D eigenvalue weighted by Crippen LogP contribution is -2.35. The van der Waals surface area contributed by atoms with Gasteiger partial charge in [0.05, 0.1) is 6.10 Å². The maximum Gasteiger partial charge on any atom is 0.187 e. The van der Waals surface area contributed by atoms with Gasteiger partial charge in [0, 0.05) is 0 Å². The average Bonchev–Trinajstić information content (AvgIpc) is 2.18. The van der Waals surface area contributed by atoms with Gasteiger partial charge < -0.3 is 4.43 Å². The molecule has 0 spiro atoms. The third kappa shape index (κ3) is 3.29. The molecule has 0 radical (unpaired) electrons. The molecule has 1 atom stereocenters. The van der Waals surface area contributed by atoms with E-state index in [0.29, 0.717) is 6.10 Å². The molecule has 3 heteroatoms. The smallest absolute Gasteiger partial charge is 0.187 e. The van der Waals surface area contributed by atoms with Gasteiger partial charge in [-0.2, -0.15) is 0 Å². The van der Waals surface area contributed by atoms with Crippen molar-refractivity contribution in [2.24, 2.45) is 0 Å². The molecule has 1 heterocycles. The molecule has 0 saturated carbocycles. The molecule has 2 rings (SSSR count). The van der Waals surface area contributed by atoms with Crippen LogP contribution in [-0.2, 0) is 4.43 Å². The van der Waals surface area contributed by atoms with E-state index in [1.165, 1.54) is 24.4 Å². The van der Waals surface area contributed by atoms with E-state index in [9.17, 15) is 0 Å². The predicted molar refractivity (Wildman–Crippen MR) is 73.1 cm³/mol. The molecule has 1 aliphatic rings. The van der Waals surface area contributed by atoms with E-state index in [1.54, 1.807) is 0 Å². The highest BCUT2D eigenvalue weighted by molar-refractivity contribution is 6.71. The number of hydrogen-bond acceptors (Lipinski definition) is 1. The third-order valence-electron chi connectivity index (χ3n) is 2.88. The first-order valence-corrected chi connectivity index (χ1v) is 8.52. The van der Waals surface area contributed by atoms with E-state index in [1.807, 2.05) is 0 Å². The topological polar surface area (TPSA) is 9.23 Å². The van der Waals surface area contributed by atoms with E-state index >= 15 is 0 Å². The first kappa shape index (κ1) is 12.7. The number of rotatable bonds is 1. The van der Waals surface area contributed by atoms with Crippen molar-refractivity contribution in [2.45, 2.75) is 38.1 Å². The Morgan fingerprint density at radius 3 is 2.47 bits per heavy atom. The van der Waals surface area contributed by atoms with Crippen molar-refractivity contribution < 1.29 is 4.43 Å². The first-order valence-electron chi connectivity index (χ1n) is 5.40. The lowest BCUT2D eigenvalue weighted by Gasteiger charge is -2.34. The minimum absolute atomic E-state index is 0. The minimum atomic E-state index is -1.34. The van der Waals surface area contributed by atoms with Crippen molar-refractivity contribution in [3.63, 3.8) is 0 Å². The summed E-state index contributed by atoms with van der Waals surface area (Å²) in [4.78, 5) is 0. The molecule has 0 aliphatic carbocycles. The van der Waals surface area contributed by atoms with E-state index in [2.05, 4.69) is 43.4 Å². The molecule has 0 aromatic heterocycles. The van der Waals surface area contributed by atoms with Crippen LogP contribution in [0, 0.1) is 0 Å². The molecule has 84 valence electrons. The van der Waals surface area contributed by atoms with Crippen LogP contribution in [-0.4, -0.2) is 19.3 Å². The second kappa shape index (κ2) is 5.10. The SMILES string of the molecule is C[Si]1(C)CCCC(c2ccccc2)O1.[SiH4]. The van der Waals surface area contributed by atoms with Crippen LogP contribution in [0.4, 0.5) is 0 Å². The summed E-state index contributed by atoms with van der Waals surface area (Å²) in [5.74, 6) is 0. The maximum atomic E-state index is 6.20. The van der Waals surface area contributed by atoms with Gasteiger partial charge in [-0.25, -0.2) is 0 Å². The highest BCUT2D eigenvalue weighted by atomic mass is 28.4. The van der Waals surface area contributed by atoms with Crippen molar-refractivity contribution >= 4 is 19.3 Å². The second-order valence-electron chi connectivity index (χ2n) is 4.67. The van der Waals surface area contributed by atoms with Crippen LogP contribution in [0.15, 0.2) is 30.3 Å². The summed E-state index contributed by atoms with van der Waals surface area (Å²) < 4.78 is 6.20. The van der Waals surface area contributed by atoms with Crippen molar-refractivity contribution in [3.05, 3.63) is 35.9 Å². The van der Waals surface area contributed by atoms with E-state index < -0.39 is 8.32 Å². The third-order valence-corrected chi connectivity index (χ3v) is 5.36. The molecule has 1 aliphatic heterocycles. The monoisotopic (exact) mass is 238 g/mol. The van der Waals surface area contributed by atoms with E-state index in [4.69, 9.17) is 4.43 Å². The maximum absolute atomic E-state index is 6.20. The van der Waals surface area contributed by atoms with Gasteiger partial charge in [0.25, 0.3) is 0 Å². The number of hydrogen-bond donors (Lipinski definition) is 0. The van der Waals surface area contributed by atoms with Gasteiger partial charge in [-0.15, -0.1) is 0 Å². The largest absolute Gasteiger partial charge is 0.410 e. The van der Waals surface area contributed by atoms with Crippen LogP contribution in [0.1, 0.15) is 24.5 Å². The van der Waals surface area contributed by atoms with Crippen molar-refractivity contribution in [1.82, 2.24) is 0 Å². The molecule has 1 fully saturated rings. The summed E-state index contributed by atoms with van der Waals surface area (Å²) in [6.45, 7) is 4.64. The molecular weight excluding hydrogens is 216 g/mol. The number of benzene rings is 1. The van der Waals surface area contributed by atoms with Gasteiger partial charge in [0.1, 0.15) is 0 Å². The van der Waals surface area contributed by atoms with Gasteiger partial charge in [-0.05, 0) is 42.1 Å². The molecule has 0 N–H and O–H groups in total. The molecule has 0 bridgehead atoms. The first-order chi connectivity index (χ1) is 6.67. The standard InChI is InChI=1S/C12H18OSi.H4Si/c1-14(2)10-6-9-12(13-14)11-7-4-3-5-8-11;/h3-5,7-8,12H,6,9-10H2,1-2H3;1H4. The van der Waals surface area contributed by atoms with Crippen molar-refractivity contribution in [1.29, 1.82) is 0 Å². The van der Waals surface area contributed by atoms with Crippen LogP contribution in [0.25, 0.3) is 0 Å². The molecule has 1 nitrogen and oxygen atoms in total. The Bertz CT molecular complexity index is 298. The predicted octanol–water partition coefficient (Wildman–Crippen LogP) is 2.29. The van der Waals surface area contributed by atoms with Crippen molar-refractivity contribution in [3.8, 4) is 0 Å². The van der Waals surface area contributed by atoms with Crippen LogP contribution < -0.4 is 0 Å².